The smallest absolute Gasteiger partial charge is 0.319 e. The molecule has 2 amide bonds. The van der Waals surface area contributed by atoms with Gasteiger partial charge < -0.3 is 15.4 Å². The first-order valence-corrected chi connectivity index (χ1v) is 7.02. The van der Waals surface area contributed by atoms with Crippen molar-refractivity contribution in [3.8, 4) is 5.75 Å². The van der Waals surface area contributed by atoms with Crippen molar-refractivity contribution in [3.05, 3.63) is 23.2 Å². The first kappa shape index (κ1) is 15.6. The summed E-state index contributed by atoms with van der Waals surface area (Å²) >= 11 is 6.04. The molecular weight excluding hydrogens is 264 g/mol. The average Bonchev–Trinajstić information content (AvgIpc) is 2.38. The first-order valence-electron chi connectivity index (χ1n) is 6.64. The van der Waals surface area contributed by atoms with Crippen molar-refractivity contribution in [2.24, 2.45) is 0 Å². The van der Waals surface area contributed by atoms with Crippen LogP contribution in [-0.4, -0.2) is 19.2 Å². The Balaban J connectivity index is 2.44. The number of amides is 2. The summed E-state index contributed by atoms with van der Waals surface area (Å²) in [6.45, 7) is 5.27. The van der Waals surface area contributed by atoms with E-state index in [2.05, 4.69) is 17.6 Å². The van der Waals surface area contributed by atoms with Crippen LogP contribution < -0.4 is 15.4 Å². The molecule has 4 nitrogen and oxygen atoms in total. The van der Waals surface area contributed by atoms with Crippen LogP contribution in [0.1, 0.15) is 33.1 Å². The molecule has 1 aromatic carbocycles. The normalized spacial score (nSPS) is 10.1. The molecular formula is C14H21ClN2O2. The summed E-state index contributed by atoms with van der Waals surface area (Å²) < 4.78 is 5.33. The Kier molecular flexibility index (Phi) is 7.11. The van der Waals surface area contributed by atoms with Crippen LogP contribution in [0.4, 0.5) is 10.5 Å². The molecule has 1 rings (SSSR count). The molecule has 0 atom stereocenters. The molecule has 0 aromatic heterocycles. The van der Waals surface area contributed by atoms with Gasteiger partial charge in [0.15, 0.2) is 0 Å². The Morgan fingerprint density at radius 1 is 1.32 bits per heavy atom. The summed E-state index contributed by atoms with van der Waals surface area (Å²) in [4.78, 5) is 11.6. The van der Waals surface area contributed by atoms with Crippen molar-refractivity contribution >= 4 is 23.3 Å². The van der Waals surface area contributed by atoms with Crippen molar-refractivity contribution < 1.29 is 9.53 Å². The van der Waals surface area contributed by atoms with Gasteiger partial charge in [0.1, 0.15) is 5.75 Å². The number of benzene rings is 1. The Morgan fingerprint density at radius 2 is 2.11 bits per heavy atom. The zero-order valence-corrected chi connectivity index (χ0v) is 12.2. The Bertz CT molecular complexity index is 410. The maximum Gasteiger partial charge on any atom is 0.319 e. The molecule has 0 spiro atoms. The summed E-state index contributed by atoms with van der Waals surface area (Å²) in [5.74, 6) is 0.623. The van der Waals surface area contributed by atoms with Crippen LogP contribution >= 0.6 is 11.6 Å². The second-order valence-corrected chi connectivity index (χ2v) is 4.57. The number of unbranched alkanes of at least 4 members (excludes halogenated alkanes) is 2. The number of hydrogen-bond acceptors (Lipinski definition) is 2. The van der Waals surface area contributed by atoms with E-state index in [1.807, 2.05) is 6.92 Å². The van der Waals surface area contributed by atoms with E-state index in [0.717, 1.165) is 19.3 Å². The van der Waals surface area contributed by atoms with E-state index in [1.54, 1.807) is 18.2 Å². The van der Waals surface area contributed by atoms with Gasteiger partial charge in [-0.3, -0.25) is 0 Å². The monoisotopic (exact) mass is 284 g/mol. The number of carbonyl (C=O) groups is 1. The summed E-state index contributed by atoms with van der Waals surface area (Å²) in [5, 5.41) is 6.03. The zero-order valence-electron chi connectivity index (χ0n) is 11.5. The number of anilines is 1. The maximum atomic E-state index is 11.6. The maximum absolute atomic E-state index is 11.6. The van der Waals surface area contributed by atoms with Gasteiger partial charge in [0, 0.05) is 12.2 Å². The van der Waals surface area contributed by atoms with Gasteiger partial charge in [-0.1, -0.05) is 31.4 Å². The third-order valence-electron chi connectivity index (χ3n) is 2.56. The molecule has 106 valence electrons. The van der Waals surface area contributed by atoms with Crippen molar-refractivity contribution in [2.75, 3.05) is 18.5 Å². The SMILES string of the molecule is CCCCCNC(=O)Nc1ccc(OCC)c(Cl)c1. The molecule has 0 bridgehead atoms. The minimum Gasteiger partial charge on any atom is -0.492 e. The third kappa shape index (κ3) is 5.83. The van der Waals surface area contributed by atoms with E-state index >= 15 is 0 Å². The number of ether oxygens (including phenoxy) is 1. The largest absolute Gasteiger partial charge is 0.492 e. The van der Waals surface area contributed by atoms with E-state index in [1.165, 1.54) is 0 Å². The van der Waals surface area contributed by atoms with E-state index < -0.39 is 0 Å². The van der Waals surface area contributed by atoms with Crippen LogP contribution in [0.2, 0.25) is 5.02 Å². The third-order valence-corrected chi connectivity index (χ3v) is 2.85. The highest BCUT2D eigenvalue weighted by molar-refractivity contribution is 6.32. The molecule has 0 fully saturated rings. The number of nitrogens with one attached hydrogen (secondary N) is 2. The molecule has 1 aromatic rings. The molecule has 0 saturated heterocycles. The second-order valence-electron chi connectivity index (χ2n) is 4.17. The first-order chi connectivity index (χ1) is 9.17. The lowest BCUT2D eigenvalue weighted by molar-refractivity contribution is 0.252. The molecule has 19 heavy (non-hydrogen) atoms. The lowest BCUT2D eigenvalue weighted by Crippen LogP contribution is -2.29. The summed E-state index contributed by atoms with van der Waals surface area (Å²) in [7, 11) is 0. The van der Waals surface area contributed by atoms with Gasteiger partial charge in [0.05, 0.1) is 11.6 Å². The Labute approximate surface area is 119 Å². The molecule has 0 saturated carbocycles. The zero-order chi connectivity index (χ0) is 14.1. The van der Waals surface area contributed by atoms with Crippen molar-refractivity contribution in [2.45, 2.75) is 33.1 Å². The lowest BCUT2D eigenvalue weighted by atomic mass is 10.2. The predicted molar refractivity (Wildman–Crippen MR) is 79.2 cm³/mol. The topological polar surface area (TPSA) is 50.4 Å². The summed E-state index contributed by atoms with van der Waals surface area (Å²) in [6.07, 6.45) is 3.25. The fourth-order valence-corrected chi connectivity index (χ4v) is 1.84. The number of hydrogen-bond donors (Lipinski definition) is 2. The van der Waals surface area contributed by atoms with Gasteiger partial charge in [-0.15, -0.1) is 0 Å². The van der Waals surface area contributed by atoms with Crippen LogP contribution in [0.25, 0.3) is 0 Å². The number of urea groups is 1. The highest BCUT2D eigenvalue weighted by Gasteiger charge is 2.05. The molecule has 2 N–H and O–H groups in total. The molecule has 0 aliphatic heterocycles. The standard InChI is InChI=1S/C14H21ClN2O2/c1-3-5-6-9-16-14(18)17-11-7-8-13(19-4-2)12(15)10-11/h7-8,10H,3-6,9H2,1-2H3,(H2,16,17,18). The average molecular weight is 285 g/mol. The molecule has 0 aliphatic carbocycles. The molecule has 0 aliphatic rings. The Hall–Kier alpha value is -1.42. The fraction of sp³-hybridized carbons (Fsp3) is 0.500. The quantitative estimate of drug-likeness (QED) is 0.742. The predicted octanol–water partition coefficient (Wildman–Crippen LogP) is 4.05. The van der Waals surface area contributed by atoms with Crippen molar-refractivity contribution in [1.29, 1.82) is 0 Å². The highest BCUT2D eigenvalue weighted by atomic mass is 35.5. The fourth-order valence-electron chi connectivity index (χ4n) is 1.60. The summed E-state index contributed by atoms with van der Waals surface area (Å²) in [5.41, 5.74) is 0.654. The van der Waals surface area contributed by atoms with E-state index in [0.29, 0.717) is 29.6 Å². The van der Waals surface area contributed by atoms with E-state index in [4.69, 9.17) is 16.3 Å². The van der Waals surface area contributed by atoms with Crippen LogP contribution in [0.3, 0.4) is 0 Å². The Morgan fingerprint density at radius 3 is 2.74 bits per heavy atom. The molecule has 5 heteroatoms. The minimum absolute atomic E-state index is 0.212. The van der Waals surface area contributed by atoms with Gasteiger partial charge in [-0.05, 0) is 31.5 Å². The van der Waals surface area contributed by atoms with Crippen molar-refractivity contribution in [1.82, 2.24) is 5.32 Å². The van der Waals surface area contributed by atoms with Gasteiger partial charge in [0.2, 0.25) is 0 Å². The van der Waals surface area contributed by atoms with Crippen molar-refractivity contribution in [3.63, 3.8) is 0 Å². The van der Waals surface area contributed by atoms with Crippen LogP contribution in [0.5, 0.6) is 5.75 Å². The highest BCUT2D eigenvalue weighted by Crippen LogP contribution is 2.27. The van der Waals surface area contributed by atoms with Crippen LogP contribution in [0.15, 0.2) is 18.2 Å². The molecule has 0 heterocycles. The van der Waals surface area contributed by atoms with Gasteiger partial charge in [-0.25, -0.2) is 4.79 Å². The second kappa shape index (κ2) is 8.64. The van der Waals surface area contributed by atoms with Gasteiger partial charge in [-0.2, -0.15) is 0 Å². The van der Waals surface area contributed by atoms with Gasteiger partial charge in [0.25, 0.3) is 0 Å². The van der Waals surface area contributed by atoms with Crippen LogP contribution in [0, 0.1) is 0 Å². The van der Waals surface area contributed by atoms with Crippen LogP contribution in [-0.2, 0) is 0 Å². The molecule has 0 unspecified atom stereocenters. The number of carbonyl (C=O) groups excluding carboxylic acids is 1. The van der Waals surface area contributed by atoms with Gasteiger partial charge >= 0.3 is 6.03 Å². The van der Waals surface area contributed by atoms with E-state index in [9.17, 15) is 4.79 Å². The van der Waals surface area contributed by atoms with E-state index in [-0.39, 0.29) is 6.03 Å². The summed E-state index contributed by atoms with van der Waals surface area (Å²) in [6, 6.07) is 4.98. The lowest BCUT2D eigenvalue weighted by Gasteiger charge is -2.10. The number of halogens is 1. The molecule has 0 radical (unpaired) electrons. The number of rotatable bonds is 7. The minimum atomic E-state index is -0.212.